The normalized spacial score (nSPS) is 13.5. The molecule has 0 aliphatic heterocycles. The topological polar surface area (TPSA) is 84.9 Å². The van der Waals surface area contributed by atoms with Gasteiger partial charge in [0.2, 0.25) is 0 Å². The minimum absolute atomic E-state index is 0.772. The van der Waals surface area contributed by atoms with E-state index in [2.05, 4.69) is 41.8 Å². The zero-order chi connectivity index (χ0) is 31.6. The van der Waals surface area contributed by atoms with Crippen molar-refractivity contribution in [3.63, 3.8) is 0 Å². The van der Waals surface area contributed by atoms with E-state index in [9.17, 15) is 9.59 Å². The molecule has 0 saturated heterocycles. The summed E-state index contributed by atoms with van der Waals surface area (Å²) in [4.78, 5) is 38.3. The van der Waals surface area contributed by atoms with Crippen LogP contribution in [0.2, 0.25) is 0 Å². The highest BCUT2D eigenvalue weighted by molar-refractivity contribution is 9.10. The molecule has 44 heavy (non-hydrogen) atoms. The Labute approximate surface area is 274 Å². The van der Waals surface area contributed by atoms with E-state index in [0.29, 0.717) is 0 Å². The van der Waals surface area contributed by atoms with Gasteiger partial charge in [-0.15, -0.1) is 0 Å². The van der Waals surface area contributed by atoms with Crippen molar-refractivity contribution in [1.82, 2.24) is 19.8 Å². The van der Waals surface area contributed by atoms with E-state index in [-0.39, 0.29) is 0 Å². The summed E-state index contributed by atoms with van der Waals surface area (Å²) in [6.07, 6.45) is 8.60. The summed E-state index contributed by atoms with van der Waals surface area (Å²) in [5.74, 6) is -2.25. The molecule has 4 rings (SSSR count). The molecular formula is C34H32Br2N4O4. The monoisotopic (exact) mass is 718 g/mol. The molecule has 0 fully saturated rings. The van der Waals surface area contributed by atoms with Crippen molar-refractivity contribution in [3.05, 3.63) is 141 Å². The third-order valence-electron chi connectivity index (χ3n) is 6.53. The van der Waals surface area contributed by atoms with Gasteiger partial charge in [0.05, 0.1) is 0 Å². The number of esters is 2. The summed E-state index contributed by atoms with van der Waals surface area (Å²) in [6, 6.07) is 22.9. The van der Waals surface area contributed by atoms with Gasteiger partial charge in [-0.2, -0.15) is 0 Å². The molecule has 4 aromatic rings. The third kappa shape index (κ3) is 8.57. The fourth-order valence-electron chi connectivity index (χ4n) is 4.26. The number of likely N-dealkylation sites (N-methyl/N-ethyl adjacent to an activating group) is 2. The Balaban J connectivity index is 1.63. The number of aromatic nitrogens is 2. The highest BCUT2D eigenvalue weighted by Crippen LogP contribution is 2.31. The molecule has 10 heteroatoms. The predicted octanol–water partition coefficient (Wildman–Crippen LogP) is 6.43. The Bertz CT molecular complexity index is 1520. The van der Waals surface area contributed by atoms with Gasteiger partial charge >= 0.3 is 11.9 Å². The second-order valence-corrected chi connectivity index (χ2v) is 11.8. The average Bonchev–Trinajstić information content (AvgIpc) is 3.02. The summed E-state index contributed by atoms with van der Waals surface area (Å²) in [7, 11) is 7.02. The molecule has 0 amide bonds. The van der Waals surface area contributed by atoms with E-state index in [4.69, 9.17) is 9.47 Å². The number of rotatable bonds is 10. The molecule has 0 aliphatic carbocycles. The van der Waals surface area contributed by atoms with Gasteiger partial charge in [0.25, 0.3) is 0 Å². The number of pyridine rings is 2. The second kappa shape index (κ2) is 15.7. The predicted molar refractivity (Wildman–Crippen MR) is 178 cm³/mol. The van der Waals surface area contributed by atoms with Crippen LogP contribution in [0, 0.1) is 0 Å². The van der Waals surface area contributed by atoms with Crippen molar-refractivity contribution in [2.45, 2.75) is 12.5 Å². The fraction of sp³-hybridized carbons (Fsp3) is 0.176. The first-order valence-corrected chi connectivity index (χ1v) is 15.2. The van der Waals surface area contributed by atoms with Crippen LogP contribution >= 0.6 is 31.9 Å². The summed E-state index contributed by atoms with van der Waals surface area (Å²) < 4.78 is 13.1. The van der Waals surface area contributed by atoms with E-state index in [0.717, 1.165) is 42.3 Å². The lowest BCUT2D eigenvalue weighted by atomic mass is 9.98. The first kappa shape index (κ1) is 32.9. The number of ether oxygens (including phenoxy) is 2. The number of nitrogens with zero attached hydrogens (tertiary/aromatic N) is 4. The molecule has 0 bridgehead atoms. The van der Waals surface area contributed by atoms with E-state index < -0.39 is 24.4 Å². The van der Waals surface area contributed by atoms with Gasteiger partial charge in [-0.3, -0.25) is 19.8 Å². The molecule has 8 nitrogen and oxygen atoms in total. The Morgan fingerprint density at radius 2 is 1.02 bits per heavy atom. The van der Waals surface area contributed by atoms with E-state index >= 15 is 0 Å². The first-order chi connectivity index (χ1) is 21.2. The van der Waals surface area contributed by atoms with Crippen LogP contribution in [0.4, 0.5) is 0 Å². The van der Waals surface area contributed by atoms with Crippen LogP contribution in [-0.4, -0.2) is 72.4 Å². The molecule has 2 unspecified atom stereocenters. The van der Waals surface area contributed by atoms with E-state index in [1.54, 1.807) is 74.9 Å². The van der Waals surface area contributed by atoms with Gasteiger partial charge in [-0.25, -0.2) is 9.59 Å². The Morgan fingerprint density at radius 1 is 0.636 bits per heavy atom. The van der Waals surface area contributed by atoms with Gasteiger partial charge in [0.1, 0.15) is 0 Å². The lowest BCUT2D eigenvalue weighted by molar-refractivity contribution is -0.178. The molecule has 0 N–H and O–H groups in total. The molecule has 2 atom stereocenters. The minimum Gasteiger partial charge on any atom is -0.434 e. The Hall–Kier alpha value is -3.96. The molecule has 2 aromatic heterocycles. The van der Waals surface area contributed by atoms with Gasteiger partial charge in [0, 0.05) is 44.9 Å². The molecule has 0 spiro atoms. The van der Waals surface area contributed by atoms with Crippen molar-refractivity contribution in [2.24, 2.45) is 0 Å². The maximum absolute atomic E-state index is 13.2. The number of hydrogen-bond donors (Lipinski definition) is 0. The molecule has 0 saturated carbocycles. The lowest BCUT2D eigenvalue weighted by Gasteiger charge is -2.25. The zero-order valence-corrected chi connectivity index (χ0v) is 27.9. The standard InChI is InChI=1S/C34H32Br2N4O4/c1-39(2)31(19-27(23-11-9-17-37-21-23)25-13-5-7-15-29(25)35)43-33(41)34(42)44-32(40(3)4)20-28(24-12-10-18-38-22-24)26-14-6-8-16-30(26)36/h5-22,31-32H,1-4H3/b27-19-,28-20-. The number of hydrogen-bond acceptors (Lipinski definition) is 8. The SMILES string of the molecule is CN(C)C(/C=C(/c1cccnc1)c1ccccc1Br)OC(=O)C(=O)OC(/C=C(/c1cccnc1)c1ccccc1Br)N(C)C. The average molecular weight is 720 g/mol. The van der Waals surface area contributed by atoms with Crippen LogP contribution in [0.25, 0.3) is 11.1 Å². The molecule has 2 heterocycles. The Morgan fingerprint density at radius 3 is 1.34 bits per heavy atom. The summed E-state index contributed by atoms with van der Waals surface area (Å²) in [6.45, 7) is 0. The Kier molecular flexibility index (Phi) is 11.7. The van der Waals surface area contributed by atoms with Crippen LogP contribution in [0.5, 0.6) is 0 Å². The van der Waals surface area contributed by atoms with Crippen LogP contribution in [0.1, 0.15) is 22.3 Å². The van der Waals surface area contributed by atoms with E-state index in [1.807, 2.05) is 72.8 Å². The first-order valence-electron chi connectivity index (χ1n) is 13.6. The number of halogens is 2. The maximum Gasteiger partial charge on any atom is 0.419 e. The van der Waals surface area contributed by atoms with E-state index in [1.165, 1.54) is 0 Å². The third-order valence-corrected chi connectivity index (χ3v) is 7.91. The second-order valence-electron chi connectivity index (χ2n) is 10.1. The molecule has 2 aromatic carbocycles. The van der Waals surface area contributed by atoms with Gasteiger partial charge in [-0.1, -0.05) is 80.4 Å². The molecule has 0 radical (unpaired) electrons. The van der Waals surface area contributed by atoms with Gasteiger partial charge in [-0.05, 0) is 86.9 Å². The number of carbonyl (C=O) groups is 2. The fourth-order valence-corrected chi connectivity index (χ4v) is 5.26. The summed E-state index contributed by atoms with van der Waals surface area (Å²) >= 11 is 7.24. The number of carbonyl (C=O) groups excluding carboxylic acids is 2. The maximum atomic E-state index is 13.2. The van der Waals surface area contributed by atoms with Gasteiger partial charge < -0.3 is 9.47 Å². The highest BCUT2D eigenvalue weighted by Gasteiger charge is 2.27. The van der Waals surface area contributed by atoms with Crippen molar-refractivity contribution in [1.29, 1.82) is 0 Å². The minimum atomic E-state index is -1.12. The van der Waals surface area contributed by atoms with Crippen molar-refractivity contribution < 1.29 is 19.1 Å². The quantitative estimate of drug-likeness (QED) is 0.105. The molecular weight excluding hydrogens is 688 g/mol. The molecule has 0 aliphatic rings. The smallest absolute Gasteiger partial charge is 0.419 e. The summed E-state index contributed by atoms with van der Waals surface area (Å²) in [5.41, 5.74) is 4.93. The van der Waals surface area contributed by atoms with Crippen LogP contribution in [0.15, 0.2) is 119 Å². The molecule has 226 valence electrons. The van der Waals surface area contributed by atoms with Crippen molar-refractivity contribution in [3.8, 4) is 0 Å². The van der Waals surface area contributed by atoms with Gasteiger partial charge in [0.15, 0.2) is 12.5 Å². The zero-order valence-electron chi connectivity index (χ0n) is 24.7. The van der Waals surface area contributed by atoms with Crippen molar-refractivity contribution in [2.75, 3.05) is 28.2 Å². The highest BCUT2D eigenvalue weighted by atomic mass is 79.9. The van der Waals surface area contributed by atoms with Crippen LogP contribution in [0.3, 0.4) is 0 Å². The number of benzene rings is 2. The van der Waals surface area contributed by atoms with Crippen LogP contribution in [-0.2, 0) is 19.1 Å². The largest absolute Gasteiger partial charge is 0.434 e. The van der Waals surface area contributed by atoms with Crippen LogP contribution < -0.4 is 0 Å². The summed E-state index contributed by atoms with van der Waals surface area (Å²) in [5, 5.41) is 0. The lowest BCUT2D eigenvalue weighted by Crippen LogP contribution is -2.38. The van der Waals surface area contributed by atoms with Crippen molar-refractivity contribution >= 4 is 54.9 Å².